The number of nitrogens with one attached hydrogen (secondary N) is 1. The SMILES string of the molecule is NC(=O)c1cccc(CNC(=O)c2ccc(Cl)c(N)c2)c1. The third kappa shape index (κ3) is 3.73. The fourth-order valence-corrected chi connectivity index (χ4v) is 1.92. The minimum atomic E-state index is -0.506. The van der Waals surface area contributed by atoms with E-state index >= 15 is 0 Å². The number of hydrogen-bond acceptors (Lipinski definition) is 3. The van der Waals surface area contributed by atoms with Crippen molar-refractivity contribution in [3.63, 3.8) is 0 Å². The van der Waals surface area contributed by atoms with Crippen LogP contribution in [0.1, 0.15) is 26.3 Å². The molecule has 0 spiro atoms. The van der Waals surface area contributed by atoms with Gasteiger partial charge in [0, 0.05) is 17.7 Å². The van der Waals surface area contributed by atoms with E-state index in [9.17, 15) is 9.59 Å². The number of anilines is 1. The standard InChI is InChI=1S/C15H14ClN3O2/c16-12-5-4-11(7-13(12)17)15(21)19-8-9-2-1-3-10(6-9)14(18)20/h1-7H,8,17H2,(H2,18,20)(H,19,21). The van der Waals surface area contributed by atoms with Gasteiger partial charge >= 0.3 is 0 Å². The Balaban J connectivity index is 2.05. The van der Waals surface area contributed by atoms with E-state index in [1.54, 1.807) is 36.4 Å². The largest absolute Gasteiger partial charge is 0.398 e. The van der Waals surface area contributed by atoms with Gasteiger partial charge in [-0.25, -0.2) is 0 Å². The van der Waals surface area contributed by atoms with E-state index in [0.717, 1.165) is 5.56 Å². The molecule has 0 bridgehead atoms. The van der Waals surface area contributed by atoms with Crippen molar-refractivity contribution in [3.8, 4) is 0 Å². The molecule has 0 saturated carbocycles. The molecule has 0 aliphatic heterocycles. The topological polar surface area (TPSA) is 98.2 Å². The summed E-state index contributed by atoms with van der Waals surface area (Å²) < 4.78 is 0. The molecule has 21 heavy (non-hydrogen) atoms. The summed E-state index contributed by atoms with van der Waals surface area (Å²) in [6.07, 6.45) is 0. The molecule has 0 fully saturated rings. The highest BCUT2D eigenvalue weighted by Crippen LogP contribution is 2.19. The number of primary amides is 1. The second-order valence-electron chi connectivity index (χ2n) is 4.48. The van der Waals surface area contributed by atoms with Crippen molar-refractivity contribution in [2.24, 2.45) is 5.73 Å². The zero-order valence-corrected chi connectivity index (χ0v) is 11.9. The van der Waals surface area contributed by atoms with Crippen LogP contribution < -0.4 is 16.8 Å². The van der Waals surface area contributed by atoms with Gasteiger partial charge in [0.05, 0.1) is 10.7 Å². The number of halogens is 1. The normalized spacial score (nSPS) is 10.1. The van der Waals surface area contributed by atoms with E-state index in [1.807, 2.05) is 0 Å². The fourth-order valence-electron chi connectivity index (χ4n) is 1.80. The van der Waals surface area contributed by atoms with Gasteiger partial charge in [-0.2, -0.15) is 0 Å². The molecular formula is C15H14ClN3O2. The molecule has 0 radical (unpaired) electrons. The molecule has 5 nitrogen and oxygen atoms in total. The van der Waals surface area contributed by atoms with Crippen molar-refractivity contribution in [1.82, 2.24) is 5.32 Å². The Bertz CT molecular complexity index is 701. The summed E-state index contributed by atoms with van der Waals surface area (Å²) in [5, 5.41) is 3.14. The van der Waals surface area contributed by atoms with Crippen LogP contribution in [0.2, 0.25) is 5.02 Å². The summed E-state index contributed by atoms with van der Waals surface area (Å²) in [7, 11) is 0. The maximum Gasteiger partial charge on any atom is 0.251 e. The van der Waals surface area contributed by atoms with Crippen LogP contribution in [0.5, 0.6) is 0 Å². The summed E-state index contributed by atoms with van der Waals surface area (Å²) in [6.45, 7) is 0.280. The van der Waals surface area contributed by atoms with Gasteiger partial charge < -0.3 is 16.8 Å². The zero-order valence-electron chi connectivity index (χ0n) is 11.1. The third-order valence-corrected chi connectivity index (χ3v) is 3.27. The van der Waals surface area contributed by atoms with Gasteiger partial charge in [0.15, 0.2) is 0 Å². The lowest BCUT2D eigenvalue weighted by atomic mass is 10.1. The molecule has 0 atom stereocenters. The second kappa shape index (κ2) is 6.28. The zero-order chi connectivity index (χ0) is 15.4. The predicted octanol–water partition coefficient (Wildman–Crippen LogP) is 1.95. The summed E-state index contributed by atoms with van der Waals surface area (Å²) in [4.78, 5) is 23.1. The quantitative estimate of drug-likeness (QED) is 0.753. The van der Waals surface area contributed by atoms with E-state index in [0.29, 0.717) is 21.8 Å². The molecule has 0 saturated heterocycles. The van der Waals surface area contributed by atoms with Crippen LogP contribution in [0, 0.1) is 0 Å². The highest BCUT2D eigenvalue weighted by molar-refractivity contribution is 6.33. The highest BCUT2D eigenvalue weighted by atomic mass is 35.5. The van der Waals surface area contributed by atoms with Crippen molar-refractivity contribution in [2.75, 3.05) is 5.73 Å². The van der Waals surface area contributed by atoms with Crippen LogP contribution in [-0.2, 0) is 6.54 Å². The second-order valence-corrected chi connectivity index (χ2v) is 4.89. The number of nitrogens with two attached hydrogens (primary N) is 2. The molecule has 0 aromatic heterocycles. The predicted molar refractivity (Wildman–Crippen MR) is 82.0 cm³/mol. The molecule has 2 aromatic rings. The minimum absolute atomic E-state index is 0.275. The summed E-state index contributed by atoms with van der Waals surface area (Å²) >= 11 is 5.80. The lowest BCUT2D eigenvalue weighted by molar-refractivity contribution is 0.0950. The third-order valence-electron chi connectivity index (χ3n) is 2.92. The van der Waals surface area contributed by atoms with E-state index in [4.69, 9.17) is 23.1 Å². The maximum atomic E-state index is 12.0. The molecule has 2 rings (SSSR count). The number of rotatable bonds is 4. The van der Waals surface area contributed by atoms with E-state index in [1.165, 1.54) is 6.07 Å². The number of nitrogen functional groups attached to an aromatic ring is 1. The van der Waals surface area contributed by atoms with Crippen LogP contribution in [0.25, 0.3) is 0 Å². The van der Waals surface area contributed by atoms with E-state index in [2.05, 4.69) is 5.32 Å². The molecule has 2 aromatic carbocycles. The molecule has 108 valence electrons. The summed E-state index contributed by atoms with van der Waals surface area (Å²) in [5.74, 6) is -0.781. The Kier molecular flexibility index (Phi) is 4.45. The lowest BCUT2D eigenvalue weighted by Gasteiger charge is -2.07. The number of carbonyl (C=O) groups excluding carboxylic acids is 2. The summed E-state index contributed by atoms with van der Waals surface area (Å²) in [5.41, 5.74) is 12.8. The Hall–Kier alpha value is -2.53. The van der Waals surface area contributed by atoms with Crippen molar-refractivity contribution in [2.45, 2.75) is 6.54 Å². The molecule has 0 unspecified atom stereocenters. The minimum Gasteiger partial charge on any atom is -0.398 e. The molecule has 6 heteroatoms. The van der Waals surface area contributed by atoms with Crippen molar-refractivity contribution >= 4 is 29.1 Å². The van der Waals surface area contributed by atoms with Gasteiger partial charge in [-0.05, 0) is 35.9 Å². The first-order valence-electron chi connectivity index (χ1n) is 6.19. The summed E-state index contributed by atoms with van der Waals surface area (Å²) in [6, 6.07) is 11.4. The smallest absolute Gasteiger partial charge is 0.251 e. The molecule has 0 heterocycles. The van der Waals surface area contributed by atoms with Crippen LogP contribution in [0.4, 0.5) is 5.69 Å². The molecular weight excluding hydrogens is 290 g/mol. The van der Waals surface area contributed by atoms with Gasteiger partial charge in [0.2, 0.25) is 5.91 Å². The first kappa shape index (κ1) is 14.9. The molecule has 0 aliphatic carbocycles. The highest BCUT2D eigenvalue weighted by Gasteiger charge is 2.08. The van der Waals surface area contributed by atoms with Gasteiger partial charge in [-0.1, -0.05) is 23.7 Å². The Morgan fingerprint density at radius 1 is 1.10 bits per heavy atom. The van der Waals surface area contributed by atoms with Crippen LogP contribution in [-0.4, -0.2) is 11.8 Å². The van der Waals surface area contributed by atoms with Gasteiger partial charge in [0.1, 0.15) is 0 Å². The van der Waals surface area contributed by atoms with Crippen LogP contribution in [0.3, 0.4) is 0 Å². The Labute approximate surface area is 126 Å². The average molecular weight is 304 g/mol. The number of amides is 2. The van der Waals surface area contributed by atoms with Crippen molar-refractivity contribution in [3.05, 3.63) is 64.2 Å². The van der Waals surface area contributed by atoms with E-state index in [-0.39, 0.29) is 12.5 Å². The van der Waals surface area contributed by atoms with Crippen molar-refractivity contribution in [1.29, 1.82) is 0 Å². The number of hydrogen-bond donors (Lipinski definition) is 3. The maximum absolute atomic E-state index is 12.0. The number of benzene rings is 2. The van der Waals surface area contributed by atoms with Gasteiger partial charge in [-0.3, -0.25) is 9.59 Å². The van der Waals surface area contributed by atoms with Gasteiger partial charge in [-0.15, -0.1) is 0 Å². The molecule has 0 aliphatic rings. The monoisotopic (exact) mass is 303 g/mol. The van der Waals surface area contributed by atoms with Gasteiger partial charge in [0.25, 0.3) is 5.91 Å². The number of carbonyl (C=O) groups is 2. The molecule has 5 N–H and O–H groups in total. The van der Waals surface area contributed by atoms with E-state index < -0.39 is 5.91 Å². The molecule has 2 amide bonds. The lowest BCUT2D eigenvalue weighted by Crippen LogP contribution is -2.23. The van der Waals surface area contributed by atoms with Crippen molar-refractivity contribution < 1.29 is 9.59 Å². The van der Waals surface area contributed by atoms with Crippen LogP contribution >= 0.6 is 11.6 Å². The first-order valence-corrected chi connectivity index (χ1v) is 6.57. The fraction of sp³-hybridized carbons (Fsp3) is 0.0667. The average Bonchev–Trinajstić information content (AvgIpc) is 2.48. The Morgan fingerprint density at radius 2 is 1.86 bits per heavy atom. The first-order chi connectivity index (χ1) is 9.97. The Morgan fingerprint density at radius 3 is 2.52 bits per heavy atom. The van der Waals surface area contributed by atoms with Crippen LogP contribution in [0.15, 0.2) is 42.5 Å².